The molecule has 15 nitrogen and oxygen atoms in total. The number of esters is 3. The lowest BCUT2D eigenvalue weighted by atomic mass is 10.1. The first-order chi connectivity index (χ1) is 32.7. The van der Waals surface area contributed by atoms with Crippen LogP contribution in [0, 0.1) is 0 Å². The number of sulfonamides is 3. The summed E-state index contributed by atoms with van der Waals surface area (Å²) in [7, 11) is -22.8. The van der Waals surface area contributed by atoms with Gasteiger partial charge in [-0.15, -0.1) is 0 Å². The summed E-state index contributed by atoms with van der Waals surface area (Å²) in [6.07, 6.45) is -22.6. The van der Waals surface area contributed by atoms with E-state index in [1.165, 1.54) is 0 Å². The third kappa shape index (κ3) is 11.8. The van der Waals surface area contributed by atoms with Crippen molar-refractivity contribution in [1.82, 2.24) is 12.9 Å². The molecule has 0 aromatic heterocycles. The van der Waals surface area contributed by atoms with Crippen molar-refractivity contribution in [2.45, 2.75) is 69.8 Å². The summed E-state index contributed by atoms with van der Waals surface area (Å²) < 4.78 is 442. The monoisotopic (exact) mass is 1230 g/mol. The van der Waals surface area contributed by atoms with E-state index in [1.54, 1.807) is 0 Å². The highest BCUT2D eigenvalue weighted by atomic mass is 32.2. The molecule has 1 rings (SSSR count). The molecule has 0 fully saturated rings. The van der Waals surface area contributed by atoms with E-state index in [0.29, 0.717) is 0 Å². The third-order valence-electron chi connectivity index (χ3n) is 9.11. The maximum absolute atomic E-state index is 14.2. The Hall–Kier alpha value is -4.53. The predicted molar refractivity (Wildman–Crippen MR) is 185 cm³/mol. The summed E-state index contributed by atoms with van der Waals surface area (Å²) in [4.78, 5) is 38.5. The fourth-order valence-corrected chi connectivity index (χ4v) is 8.02. The molecule has 0 amide bonds. The maximum Gasteiger partial charge on any atom is 0.460 e. The molecule has 0 aliphatic rings. The average molecular weight is 1230 g/mol. The summed E-state index contributed by atoms with van der Waals surface area (Å²) in [6, 6.07) is 0.136. The molecule has 75 heavy (non-hydrogen) atoms. The van der Waals surface area contributed by atoms with Crippen molar-refractivity contribution >= 4 is 48.0 Å². The number of hydrogen-bond donors (Lipinski definition) is 0. The molecule has 438 valence electrons. The van der Waals surface area contributed by atoms with Crippen LogP contribution in [0.3, 0.4) is 0 Å². The minimum atomic E-state index is -7.79. The Bertz CT molecular complexity index is 2330. The van der Waals surface area contributed by atoms with Crippen LogP contribution in [0.5, 0.6) is 0 Å². The summed E-state index contributed by atoms with van der Waals surface area (Å²) in [5.74, 6) is -53.2. The van der Waals surface area contributed by atoms with E-state index in [-0.39, 0.29) is 39.3 Å². The second kappa shape index (κ2) is 21.0. The fourth-order valence-electron chi connectivity index (χ4n) is 4.55. The van der Waals surface area contributed by atoms with Gasteiger partial charge in [0, 0.05) is 40.8 Å². The van der Waals surface area contributed by atoms with Gasteiger partial charge in [0.1, 0.15) is 19.8 Å². The Morgan fingerprint density at radius 2 is 0.507 bits per heavy atom. The summed E-state index contributed by atoms with van der Waals surface area (Å²) in [5.41, 5.74) is -4.33. The van der Waals surface area contributed by atoms with Crippen molar-refractivity contribution in [3.8, 4) is 0 Å². The highest BCUT2D eigenvalue weighted by Crippen LogP contribution is 2.58. The Balaban J connectivity index is 3.64. The van der Waals surface area contributed by atoms with Crippen molar-refractivity contribution in [3.05, 3.63) is 34.9 Å². The number of rotatable bonds is 24. The SMILES string of the molecule is CN(CCOC(=O)c1cc(C(=O)OCCN(C)S(=O)(=O)C(F)(F)C(F)(F)C(F)(F)C(F)(F)F)cc(C(=O)OCCN(C)S(=O)(=O)C(F)(F)C(F)(F)C(F)(F)C(F)(F)F)c1)S(=O)(=O)C(F)(F)C(F)(F)C(F)(F)C(F)(F)F. The zero-order chi connectivity index (χ0) is 60.2. The average Bonchev–Trinajstić information content (AvgIpc) is 3.23. The number of alkyl halides is 27. The second-order valence-electron chi connectivity index (χ2n) is 14.2. The highest BCUT2D eigenvalue weighted by Gasteiger charge is 2.88. The van der Waals surface area contributed by atoms with Gasteiger partial charge in [0.2, 0.25) is 0 Å². The van der Waals surface area contributed by atoms with Crippen LogP contribution in [0.1, 0.15) is 31.1 Å². The molecule has 1 aromatic rings. The van der Waals surface area contributed by atoms with Crippen molar-refractivity contribution in [2.75, 3.05) is 60.6 Å². The third-order valence-corrected chi connectivity index (χ3v) is 14.8. The maximum atomic E-state index is 14.2. The van der Waals surface area contributed by atoms with Gasteiger partial charge in [-0.1, -0.05) is 0 Å². The lowest BCUT2D eigenvalue weighted by molar-refractivity contribution is -0.382. The molecule has 0 saturated heterocycles. The van der Waals surface area contributed by atoms with Crippen LogP contribution in [-0.4, -0.2) is 187 Å². The van der Waals surface area contributed by atoms with Crippen LogP contribution >= 0.6 is 0 Å². The summed E-state index contributed by atoms with van der Waals surface area (Å²) in [6.45, 7) is -11.3. The van der Waals surface area contributed by atoms with Crippen molar-refractivity contribution in [1.29, 1.82) is 0 Å². The molecule has 0 aliphatic carbocycles. The first-order valence-corrected chi connectivity index (χ1v) is 22.2. The topological polar surface area (TPSA) is 191 Å². The number of hydrogen-bond acceptors (Lipinski definition) is 12. The first-order valence-electron chi connectivity index (χ1n) is 17.9. The number of carbonyl (C=O) groups is 3. The van der Waals surface area contributed by atoms with Crippen molar-refractivity contribution in [3.63, 3.8) is 0 Å². The van der Waals surface area contributed by atoms with E-state index in [9.17, 15) is 158 Å². The van der Waals surface area contributed by atoms with Crippen LogP contribution in [0.25, 0.3) is 0 Å². The van der Waals surface area contributed by atoms with E-state index >= 15 is 0 Å². The number of ether oxygens (including phenoxy) is 3. The van der Waals surface area contributed by atoms with E-state index in [4.69, 9.17) is 0 Å². The van der Waals surface area contributed by atoms with Gasteiger partial charge in [-0.2, -0.15) is 131 Å². The predicted octanol–water partition coefficient (Wildman–Crippen LogP) is 7.22. The number of carbonyl (C=O) groups excluding carboxylic acids is 3. The normalized spacial score (nSPS) is 15.2. The van der Waals surface area contributed by atoms with Crippen molar-refractivity contribution < 1.29 is 172 Å². The van der Waals surface area contributed by atoms with E-state index < -0.39 is 187 Å². The molecule has 0 aliphatic heterocycles. The molecule has 0 heterocycles. The van der Waals surface area contributed by atoms with E-state index in [2.05, 4.69) is 14.2 Å². The molecule has 45 heteroatoms. The molecule has 0 radical (unpaired) electrons. The molecule has 0 atom stereocenters. The second-order valence-corrected chi connectivity index (χ2v) is 20.4. The van der Waals surface area contributed by atoms with Crippen LogP contribution in [0.2, 0.25) is 0 Å². The smallest absolute Gasteiger partial charge is 0.460 e. The molecule has 1 aromatic carbocycles. The highest BCUT2D eigenvalue weighted by molar-refractivity contribution is 7.90. The molecular weight excluding hydrogens is 1200 g/mol. The van der Waals surface area contributed by atoms with Gasteiger partial charge >= 0.3 is 87.7 Å². The quantitative estimate of drug-likeness (QED) is 0.0575. The molecule has 0 N–H and O–H groups in total. The van der Waals surface area contributed by atoms with Crippen molar-refractivity contribution in [2.24, 2.45) is 0 Å². The standard InChI is InChI=1S/C30H24F27N3O12S3/c1-58(73(64,65)28(52,53)22(37,38)19(31,32)25(43,44)45)4-7-70-16(61)13-10-14(17(62)71-8-5-59(2)74(66,67)29(54,55)23(39,40)20(33,34)26(46,47)48)12-15(11-13)18(63)72-9-6-60(3)75(68,69)30(56,57)24(41,42)21(35,36)27(49,50)51/h10-12H,4-9H2,1-3H3. The Morgan fingerprint density at radius 3 is 0.653 bits per heavy atom. The van der Waals surface area contributed by atoms with E-state index in [1.807, 2.05) is 0 Å². The van der Waals surface area contributed by atoms with E-state index in [0.717, 1.165) is 0 Å². The Kier molecular flexibility index (Phi) is 19.2. The van der Waals surface area contributed by atoms with Gasteiger partial charge in [-0.05, 0) is 18.2 Å². The minimum Gasteiger partial charge on any atom is -0.461 e. The van der Waals surface area contributed by atoms with Gasteiger partial charge in [0.15, 0.2) is 0 Å². The number of benzene rings is 1. The van der Waals surface area contributed by atoms with Crippen LogP contribution in [-0.2, 0) is 44.3 Å². The molecule has 0 bridgehead atoms. The molecule has 0 saturated carbocycles. The first kappa shape index (κ1) is 68.5. The fraction of sp³-hybridized carbons (Fsp3) is 0.700. The summed E-state index contributed by atoms with van der Waals surface area (Å²) >= 11 is 0. The summed E-state index contributed by atoms with van der Waals surface area (Å²) in [5, 5.41) is -22.1. The molecular formula is C30H24F27N3O12S3. The minimum absolute atomic E-state index is 0.0452. The lowest BCUT2D eigenvalue weighted by Crippen LogP contribution is -2.65. The van der Waals surface area contributed by atoms with Gasteiger partial charge < -0.3 is 14.2 Å². The van der Waals surface area contributed by atoms with Gasteiger partial charge in [-0.3, -0.25) is 0 Å². The van der Waals surface area contributed by atoms with Crippen LogP contribution in [0.4, 0.5) is 119 Å². The Morgan fingerprint density at radius 1 is 0.347 bits per heavy atom. The number of halogens is 27. The van der Waals surface area contributed by atoms with Crippen LogP contribution in [0.15, 0.2) is 18.2 Å². The van der Waals surface area contributed by atoms with Gasteiger partial charge in [0.05, 0.1) is 16.7 Å². The number of nitrogens with zero attached hydrogens (tertiary/aromatic N) is 3. The lowest BCUT2D eigenvalue weighted by Gasteiger charge is -2.34. The molecule has 0 spiro atoms. The number of likely N-dealkylation sites (N-methyl/N-ethyl adjacent to an activating group) is 3. The zero-order valence-electron chi connectivity index (χ0n) is 35.6. The van der Waals surface area contributed by atoms with Gasteiger partial charge in [0.25, 0.3) is 30.1 Å². The Labute approximate surface area is 398 Å². The largest absolute Gasteiger partial charge is 0.461 e. The van der Waals surface area contributed by atoms with Crippen LogP contribution < -0.4 is 0 Å². The van der Waals surface area contributed by atoms with Gasteiger partial charge in [-0.25, -0.2) is 39.6 Å². The zero-order valence-corrected chi connectivity index (χ0v) is 38.1. The molecule has 0 unspecified atom stereocenters.